The molecule has 2 amide bonds. The van der Waals surface area contributed by atoms with Gasteiger partial charge in [0.25, 0.3) is 5.91 Å². The van der Waals surface area contributed by atoms with E-state index in [1.165, 1.54) is 21.9 Å². The first kappa shape index (κ1) is 45.8. The molecule has 8 rings (SSSR count). The fourth-order valence-electron chi connectivity index (χ4n) is 9.34. The van der Waals surface area contributed by atoms with Crippen molar-refractivity contribution < 1.29 is 38.1 Å². The first-order chi connectivity index (χ1) is 30.6. The molecule has 344 valence electrons. The molecule has 3 N–H and O–H groups in total. The summed E-state index contributed by atoms with van der Waals surface area (Å²) in [7, 11) is 1.71. The van der Waals surface area contributed by atoms with Gasteiger partial charge in [0, 0.05) is 77.9 Å². The number of nitrogens with one attached hydrogen (secondary N) is 3. The predicted octanol–water partition coefficient (Wildman–Crippen LogP) is 7.29. The molecule has 4 aliphatic rings. The van der Waals surface area contributed by atoms with Crippen molar-refractivity contribution in [2.45, 2.75) is 130 Å². The lowest BCUT2D eigenvalue weighted by atomic mass is 9.83. The molecule has 8 bridgehead atoms. The van der Waals surface area contributed by atoms with Gasteiger partial charge in [-0.15, -0.1) is 11.3 Å². The van der Waals surface area contributed by atoms with Gasteiger partial charge in [0.1, 0.15) is 28.8 Å². The first-order valence-electron chi connectivity index (χ1n) is 22.6. The van der Waals surface area contributed by atoms with Crippen LogP contribution in [0.4, 0.5) is 4.79 Å². The van der Waals surface area contributed by atoms with Crippen molar-refractivity contribution >= 4 is 45.8 Å². The third-order valence-corrected chi connectivity index (χ3v) is 13.3. The largest absolute Gasteiger partial charge is 0.464 e. The molecule has 7 heterocycles. The number of methoxy groups -OCH3 is 1. The van der Waals surface area contributed by atoms with E-state index in [1.54, 1.807) is 27.9 Å². The maximum absolute atomic E-state index is 14.5. The minimum atomic E-state index is -1.23. The Bertz CT molecular complexity index is 2420. The summed E-state index contributed by atoms with van der Waals surface area (Å²) in [4.78, 5) is 52.2. The number of alkyl carbamates (subject to hydrolysis) is 1. The van der Waals surface area contributed by atoms with Crippen molar-refractivity contribution in [1.29, 1.82) is 0 Å². The van der Waals surface area contributed by atoms with E-state index in [2.05, 4.69) is 71.7 Å². The van der Waals surface area contributed by atoms with Crippen LogP contribution in [-0.2, 0) is 46.2 Å². The SMILES string of the molecule is CCO[C@@H]1c2nc(cs2)-c2ccc3c(c2)c(c(-c2cc(C4=C[C@H]5COC[C@H](C4)N5)cnc2[C@H](C)OC)n3CC)CC(C)(C)COC(=O)[C@@H]2CCCN(N2)C(=O)[C@H]1NC(=O)OC(C)(C)C. The Labute approximate surface area is 379 Å². The van der Waals surface area contributed by atoms with E-state index in [-0.39, 0.29) is 31.4 Å². The van der Waals surface area contributed by atoms with Crippen molar-refractivity contribution in [1.82, 2.24) is 35.6 Å². The summed E-state index contributed by atoms with van der Waals surface area (Å²) >= 11 is 1.36. The Morgan fingerprint density at radius 2 is 1.95 bits per heavy atom. The Balaban J connectivity index is 1.30. The van der Waals surface area contributed by atoms with Crippen molar-refractivity contribution in [3.8, 4) is 22.5 Å². The number of hydrogen-bond donors (Lipinski definition) is 3. The fraction of sp³-hybridized carbons (Fsp3) is 0.562. The van der Waals surface area contributed by atoms with E-state index in [0.29, 0.717) is 56.3 Å². The molecule has 2 fully saturated rings. The average Bonchev–Trinajstić information content (AvgIpc) is 3.87. The van der Waals surface area contributed by atoms with Crippen molar-refractivity contribution in [3.63, 3.8) is 0 Å². The molecule has 1 aromatic carbocycles. The quantitative estimate of drug-likeness (QED) is 0.152. The molecule has 4 aromatic rings. The van der Waals surface area contributed by atoms with E-state index in [4.69, 9.17) is 33.7 Å². The highest BCUT2D eigenvalue weighted by Crippen LogP contribution is 2.43. The lowest BCUT2D eigenvalue weighted by Crippen LogP contribution is -2.61. The zero-order valence-corrected chi connectivity index (χ0v) is 39.4. The zero-order valence-electron chi connectivity index (χ0n) is 38.5. The number of carbonyl (C=O) groups excluding carboxylic acids is 3. The number of cyclic esters (lactones) is 1. The third-order valence-electron chi connectivity index (χ3n) is 12.3. The highest BCUT2D eigenvalue weighted by Gasteiger charge is 2.41. The van der Waals surface area contributed by atoms with Crippen molar-refractivity contribution in [2.75, 3.05) is 40.1 Å². The van der Waals surface area contributed by atoms with Crippen LogP contribution in [0.5, 0.6) is 0 Å². The summed E-state index contributed by atoms with van der Waals surface area (Å²) < 4.78 is 32.3. The molecule has 4 aliphatic heterocycles. The van der Waals surface area contributed by atoms with Crippen LogP contribution in [0.3, 0.4) is 0 Å². The smallest absolute Gasteiger partial charge is 0.408 e. The highest BCUT2D eigenvalue weighted by atomic mass is 32.1. The van der Waals surface area contributed by atoms with Crippen LogP contribution in [0.2, 0.25) is 0 Å². The molecule has 16 heteroatoms. The van der Waals surface area contributed by atoms with Crippen LogP contribution in [0.15, 0.2) is 41.9 Å². The van der Waals surface area contributed by atoms with Gasteiger partial charge in [0.15, 0.2) is 0 Å². The molecule has 0 aliphatic carbocycles. The molecule has 2 saturated heterocycles. The second-order valence-electron chi connectivity index (χ2n) is 19.1. The summed E-state index contributed by atoms with van der Waals surface area (Å²) in [5.41, 5.74) is 10.7. The minimum Gasteiger partial charge on any atom is -0.464 e. The summed E-state index contributed by atoms with van der Waals surface area (Å²) in [5, 5.41) is 11.4. The number of aromatic nitrogens is 3. The number of benzene rings is 1. The number of hydrogen-bond acceptors (Lipinski definition) is 13. The number of fused-ring (bicyclic) bond motifs is 8. The Hall–Kier alpha value is -4.71. The number of rotatable bonds is 8. The molecule has 3 aromatic heterocycles. The molecule has 64 heavy (non-hydrogen) atoms. The van der Waals surface area contributed by atoms with Crippen molar-refractivity contribution in [3.05, 3.63) is 63.7 Å². The number of nitrogens with zero attached hydrogens (tertiary/aromatic N) is 4. The van der Waals surface area contributed by atoms with Crippen LogP contribution in [0.25, 0.3) is 39.0 Å². The van der Waals surface area contributed by atoms with Gasteiger partial charge in [-0.2, -0.15) is 0 Å². The second kappa shape index (κ2) is 18.6. The number of morpholine rings is 1. The van der Waals surface area contributed by atoms with Crippen LogP contribution < -0.4 is 16.1 Å². The van der Waals surface area contributed by atoms with Crippen LogP contribution in [-0.4, -0.2) is 107 Å². The van der Waals surface area contributed by atoms with Gasteiger partial charge in [0.05, 0.1) is 43.0 Å². The molecular weight excluding hydrogens is 835 g/mol. The molecular formula is C48H63N7O8S. The maximum atomic E-state index is 14.5. The van der Waals surface area contributed by atoms with Gasteiger partial charge in [0.2, 0.25) is 0 Å². The van der Waals surface area contributed by atoms with E-state index in [1.807, 2.05) is 25.4 Å². The van der Waals surface area contributed by atoms with Crippen molar-refractivity contribution in [2.24, 2.45) is 5.41 Å². The van der Waals surface area contributed by atoms with Gasteiger partial charge in [-0.05, 0) is 102 Å². The number of pyridine rings is 1. The standard InChI is InChI=1S/C48H63N7O8S/c1-10-54-38-15-14-28-19-33(38)35(41(54)34-20-30(22-49-39(34)27(3)59-9)29-17-31-23-60-24-32(18-29)50-31)21-48(7,8)26-62-45(57)36-13-12-16-55(53-36)44(56)40(52-46(58)63-47(4,5)6)42(61-11-2)43-51-37(28)25-64-43/h14-15,17,19-20,22,25,27,31-32,36,40,42,50,53H,10-13,16,18,21,23-24,26H2,1-9H3,(H,52,58)/t27-,31-,32-,36-,40-,42-/m0/s1. The van der Waals surface area contributed by atoms with Gasteiger partial charge in [-0.1, -0.05) is 26.0 Å². The molecule has 0 unspecified atom stereocenters. The van der Waals surface area contributed by atoms with E-state index < -0.39 is 47.2 Å². The third kappa shape index (κ3) is 9.63. The van der Waals surface area contributed by atoms with Crippen LogP contribution in [0, 0.1) is 5.41 Å². The summed E-state index contributed by atoms with van der Waals surface area (Å²) in [6.45, 7) is 18.2. The number of hydrazine groups is 1. The zero-order chi connectivity index (χ0) is 45.5. The van der Waals surface area contributed by atoms with Gasteiger partial charge in [-0.25, -0.2) is 15.2 Å². The van der Waals surface area contributed by atoms with E-state index in [9.17, 15) is 14.4 Å². The number of amides is 2. The first-order valence-corrected chi connectivity index (χ1v) is 23.5. The molecule has 15 nitrogen and oxygen atoms in total. The minimum absolute atomic E-state index is 0.130. The van der Waals surface area contributed by atoms with E-state index in [0.717, 1.165) is 51.0 Å². The van der Waals surface area contributed by atoms with Crippen LogP contribution in [0.1, 0.15) is 109 Å². The second-order valence-corrected chi connectivity index (χ2v) is 20.0. The highest BCUT2D eigenvalue weighted by molar-refractivity contribution is 7.10. The topological polar surface area (TPSA) is 167 Å². The molecule has 0 spiro atoms. The Morgan fingerprint density at radius 3 is 2.69 bits per heavy atom. The monoisotopic (exact) mass is 897 g/mol. The average molecular weight is 898 g/mol. The number of ether oxygens (including phenoxy) is 5. The number of aryl methyl sites for hydroxylation is 1. The number of esters is 1. The lowest BCUT2D eigenvalue weighted by Gasteiger charge is -2.37. The fourth-order valence-corrected chi connectivity index (χ4v) is 10.2. The Kier molecular flexibility index (Phi) is 13.4. The predicted molar refractivity (Wildman–Crippen MR) is 245 cm³/mol. The van der Waals surface area contributed by atoms with Gasteiger partial charge in [-0.3, -0.25) is 19.6 Å². The number of carbonyl (C=O) groups is 3. The lowest BCUT2D eigenvalue weighted by molar-refractivity contribution is -0.156. The summed E-state index contributed by atoms with van der Waals surface area (Å²) in [6.07, 6.45) is 4.64. The molecule has 0 saturated carbocycles. The van der Waals surface area contributed by atoms with Gasteiger partial charge < -0.3 is 38.9 Å². The molecule has 6 atom stereocenters. The summed E-state index contributed by atoms with van der Waals surface area (Å²) in [6, 6.07) is 7.07. The summed E-state index contributed by atoms with van der Waals surface area (Å²) in [5.74, 6) is -0.931. The maximum Gasteiger partial charge on any atom is 0.408 e. The van der Waals surface area contributed by atoms with Crippen LogP contribution >= 0.6 is 11.3 Å². The number of thiazole rings is 1. The van der Waals surface area contributed by atoms with E-state index >= 15 is 0 Å². The normalized spacial score (nSPS) is 24.4. The molecule has 0 radical (unpaired) electrons. The Morgan fingerprint density at radius 1 is 1.14 bits per heavy atom. The van der Waals surface area contributed by atoms with Gasteiger partial charge >= 0.3 is 12.1 Å².